The Morgan fingerprint density at radius 3 is 2.44 bits per heavy atom. The first-order valence-corrected chi connectivity index (χ1v) is 7.38. The van der Waals surface area contributed by atoms with E-state index in [9.17, 15) is 0 Å². The highest BCUT2D eigenvalue weighted by molar-refractivity contribution is 5.39. The van der Waals surface area contributed by atoms with Gasteiger partial charge in [-0.1, -0.05) is 26.0 Å². The summed E-state index contributed by atoms with van der Waals surface area (Å²) in [5.41, 5.74) is 6.07. The van der Waals surface area contributed by atoms with E-state index >= 15 is 0 Å². The maximum Gasteiger partial charge on any atom is -0.00462 e. The zero-order chi connectivity index (χ0) is 13.1. The van der Waals surface area contributed by atoms with Gasteiger partial charge in [0.25, 0.3) is 0 Å². The van der Waals surface area contributed by atoms with E-state index in [-0.39, 0.29) is 0 Å². The van der Waals surface area contributed by atoms with Gasteiger partial charge in [0.2, 0.25) is 0 Å². The zero-order valence-electron chi connectivity index (χ0n) is 12.3. The zero-order valence-corrected chi connectivity index (χ0v) is 12.3. The topological polar surface area (TPSA) is 12.0 Å². The lowest BCUT2D eigenvalue weighted by molar-refractivity contribution is 0.372. The summed E-state index contributed by atoms with van der Waals surface area (Å²) in [6.45, 7) is 11.5. The molecule has 0 amide bonds. The molecule has 1 nitrogen and oxygen atoms in total. The van der Waals surface area contributed by atoms with Crippen molar-refractivity contribution in [2.24, 2.45) is 5.92 Å². The maximum atomic E-state index is 3.46. The molecule has 1 aromatic carbocycles. The second kappa shape index (κ2) is 5.88. The molecule has 0 spiro atoms. The molecule has 1 heterocycles. The molecule has 0 bridgehead atoms. The molecule has 0 saturated carbocycles. The largest absolute Gasteiger partial charge is 0.317 e. The minimum atomic E-state index is 0.635. The summed E-state index contributed by atoms with van der Waals surface area (Å²) >= 11 is 0. The van der Waals surface area contributed by atoms with E-state index in [2.05, 4.69) is 45.1 Å². The Hall–Kier alpha value is -0.820. The predicted octanol–water partition coefficient (Wildman–Crippen LogP) is 3.97. The van der Waals surface area contributed by atoms with Gasteiger partial charge in [-0.2, -0.15) is 0 Å². The molecular formula is C17H27N. The molecule has 1 N–H and O–H groups in total. The Morgan fingerprint density at radius 1 is 1.17 bits per heavy atom. The minimum absolute atomic E-state index is 0.635. The van der Waals surface area contributed by atoms with Crippen LogP contribution in [-0.4, -0.2) is 13.1 Å². The highest BCUT2D eigenvalue weighted by Crippen LogP contribution is 2.26. The average Bonchev–Trinajstić information content (AvgIpc) is 2.35. The molecule has 0 aliphatic carbocycles. The van der Waals surface area contributed by atoms with Crippen LogP contribution >= 0.6 is 0 Å². The van der Waals surface area contributed by atoms with Crippen molar-refractivity contribution in [2.75, 3.05) is 13.1 Å². The summed E-state index contributed by atoms with van der Waals surface area (Å²) in [5.74, 6) is 1.52. The number of benzene rings is 1. The van der Waals surface area contributed by atoms with Crippen LogP contribution in [0.25, 0.3) is 0 Å². The van der Waals surface area contributed by atoms with Crippen molar-refractivity contribution in [1.82, 2.24) is 5.32 Å². The quantitative estimate of drug-likeness (QED) is 0.849. The smallest absolute Gasteiger partial charge is 0.00462 e. The van der Waals surface area contributed by atoms with Crippen LogP contribution in [0.15, 0.2) is 12.1 Å². The van der Waals surface area contributed by atoms with E-state index in [0.29, 0.717) is 5.92 Å². The molecule has 1 saturated heterocycles. The lowest BCUT2D eigenvalue weighted by atomic mass is 9.86. The van der Waals surface area contributed by atoms with E-state index in [4.69, 9.17) is 0 Å². The van der Waals surface area contributed by atoms with Gasteiger partial charge in [-0.05, 0) is 80.3 Å². The fraction of sp³-hybridized carbons (Fsp3) is 0.647. The molecule has 1 aromatic rings. The summed E-state index contributed by atoms with van der Waals surface area (Å²) in [6.07, 6.45) is 3.95. The van der Waals surface area contributed by atoms with Gasteiger partial charge < -0.3 is 5.32 Å². The minimum Gasteiger partial charge on any atom is -0.317 e. The molecule has 1 aliphatic rings. The van der Waals surface area contributed by atoms with Crippen molar-refractivity contribution in [1.29, 1.82) is 0 Å². The Balaban J connectivity index is 2.19. The van der Waals surface area contributed by atoms with Crippen molar-refractivity contribution in [2.45, 2.75) is 52.9 Å². The van der Waals surface area contributed by atoms with Gasteiger partial charge >= 0.3 is 0 Å². The molecule has 100 valence electrons. The van der Waals surface area contributed by atoms with Crippen molar-refractivity contribution < 1.29 is 0 Å². The molecule has 1 aliphatic heterocycles. The van der Waals surface area contributed by atoms with Crippen LogP contribution in [0.2, 0.25) is 0 Å². The summed E-state index contributed by atoms with van der Waals surface area (Å²) < 4.78 is 0. The van der Waals surface area contributed by atoms with Gasteiger partial charge in [-0.3, -0.25) is 0 Å². The van der Waals surface area contributed by atoms with Gasteiger partial charge in [0.1, 0.15) is 0 Å². The Bertz CT molecular complexity index is 400. The average molecular weight is 245 g/mol. The number of hydrogen-bond acceptors (Lipinski definition) is 1. The summed E-state index contributed by atoms with van der Waals surface area (Å²) in [4.78, 5) is 0. The van der Waals surface area contributed by atoms with Crippen LogP contribution in [0.5, 0.6) is 0 Å². The van der Waals surface area contributed by atoms with Crippen LogP contribution in [-0.2, 0) is 6.42 Å². The Morgan fingerprint density at radius 2 is 1.83 bits per heavy atom. The van der Waals surface area contributed by atoms with Crippen molar-refractivity contribution in [3.63, 3.8) is 0 Å². The molecule has 0 radical (unpaired) electrons. The molecule has 1 fully saturated rings. The van der Waals surface area contributed by atoms with E-state index in [1.807, 2.05) is 0 Å². The summed E-state index contributed by atoms with van der Waals surface area (Å²) in [6, 6.07) is 4.82. The number of nitrogens with one attached hydrogen (secondary N) is 1. The lowest BCUT2D eigenvalue weighted by Gasteiger charge is -2.24. The lowest BCUT2D eigenvalue weighted by Crippen LogP contribution is -2.28. The van der Waals surface area contributed by atoms with Crippen LogP contribution in [0.1, 0.15) is 54.9 Å². The van der Waals surface area contributed by atoms with Crippen LogP contribution in [0.4, 0.5) is 0 Å². The SMILES string of the molecule is Cc1cc(C(C)C)cc(CC2CCNCC2)c1C. The third kappa shape index (κ3) is 3.14. The standard InChI is InChI=1S/C17H27N/c1-12(2)16-9-13(3)14(4)17(11-16)10-15-5-7-18-8-6-15/h9,11-12,15,18H,5-8,10H2,1-4H3. The van der Waals surface area contributed by atoms with Crippen molar-refractivity contribution in [3.05, 3.63) is 34.4 Å². The first-order chi connectivity index (χ1) is 8.58. The molecule has 18 heavy (non-hydrogen) atoms. The van der Waals surface area contributed by atoms with Gasteiger partial charge in [-0.15, -0.1) is 0 Å². The number of hydrogen-bond donors (Lipinski definition) is 1. The van der Waals surface area contributed by atoms with Crippen LogP contribution in [0, 0.1) is 19.8 Å². The number of rotatable bonds is 3. The van der Waals surface area contributed by atoms with E-state index in [1.165, 1.54) is 49.0 Å². The highest BCUT2D eigenvalue weighted by atomic mass is 14.9. The third-order valence-electron chi connectivity index (χ3n) is 4.43. The molecule has 0 aromatic heterocycles. The van der Waals surface area contributed by atoms with E-state index < -0.39 is 0 Å². The summed E-state index contributed by atoms with van der Waals surface area (Å²) in [5, 5.41) is 3.46. The first kappa shape index (κ1) is 13.6. The third-order valence-corrected chi connectivity index (χ3v) is 4.43. The molecular weight excluding hydrogens is 218 g/mol. The van der Waals surface area contributed by atoms with E-state index in [0.717, 1.165) is 5.92 Å². The molecule has 2 rings (SSSR count). The van der Waals surface area contributed by atoms with Crippen LogP contribution < -0.4 is 5.32 Å². The fourth-order valence-electron chi connectivity index (χ4n) is 2.90. The maximum absolute atomic E-state index is 3.46. The van der Waals surface area contributed by atoms with E-state index in [1.54, 1.807) is 5.56 Å². The van der Waals surface area contributed by atoms with Gasteiger partial charge in [0.15, 0.2) is 0 Å². The second-order valence-corrected chi connectivity index (χ2v) is 6.17. The fourth-order valence-corrected chi connectivity index (χ4v) is 2.90. The Kier molecular flexibility index (Phi) is 4.45. The molecule has 0 unspecified atom stereocenters. The van der Waals surface area contributed by atoms with Crippen LogP contribution in [0.3, 0.4) is 0 Å². The van der Waals surface area contributed by atoms with Gasteiger partial charge in [-0.25, -0.2) is 0 Å². The predicted molar refractivity (Wildman–Crippen MR) is 79.3 cm³/mol. The molecule has 1 heteroatoms. The summed E-state index contributed by atoms with van der Waals surface area (Å²) in [7, 11) is 0. The normalized spacial score (nSPS) is 17.4. The van der Waals surface area contributed by atoms with Gasteiger partial charge in [0, 0.05) is 0 Å². The monoisotopic (exact) mass is 245 g/mol. The number of aryl methyl sites for hydroxylation is 1. The van der Waals surface area contributed by atoms with Gasteiger partial charge in [0.05, 0.1) is 0 Å². The van der Waals surface area contributed by atoms with Crippen molar-refractivity contribution >= 4 is 0 Å². The molecule has 0 atom stereocenters. The van der Waals surface area contributed by atoms with Crippen molar-refractivity contribution in [3.8, 4) is 0 Å². The highest BCUT2D eigenvalue weighted by Gasteiger charge is 2.16. The Labute approximate surface area is 112 Å². The second-order valence-electron chi connectivity index (χ2n) is 6.17. The number of piperidine rings is 1. The first-order valence-electron chi connectivity index (χ1n) is 7.38.